The molecule has 2 aromatic heterocycles. The van der Waals surface area contributed by atoms with E-state index in [0.29, 0.717) is 5.13 Å². The molecular weight excluding hydrogens is 252 g/mol. The zero-order chi connectivity index (χ0) is 12.3. The van der Waals surface area contributed by atoms with E-state index in [0.717, 1.165) is 24.1 Å². The number of aromatic nitrogens is 1. The van der Waals surface area contributed by atoms with Crippen LogP contribution in [0.4, 0.5) is 5.13 Å². The maximum absolute atomic E-state index is 11.9. The highest BCUT2D eigenvalue weighted by Gasteiger charge is 2.10. The highest BCUT2D eigenvalue weighted by Crippen LogP contribution is 2.19. The van der Waals surface area contributed by atoms with Crippen LogP contribution in [0.5, 0.6) is 0 Å². The predicted octanol–water partition coefficient (Wildman–Crippen LogP) is 3.72. The number of rotatable bonds is 4. The molecule has 0 atom stereocenters. The van der Waals surface area contributed by atoms with Crippen LogP contribution in [-0.4, -0.2) is 10.9 Å². The Bertz CT molecular complexity index is 516. The minimum absolute atomic E-state index is 0.0713. The standard InChI is InChI=1S/C12H14N2OS2/c1-3-4-10-5-9(7-16-10)11(15)14-12-13-8(2)6-17-12/h5-7H,3-4H2,1-2H3,(H,13,14,15). The number of hydrogen-bond acceptors (Lipinski definition) is 4. The van der Waals surface area contributed by atoms with E-state index in [2.05, 4.69) is 17.2 Å². The van der Waals surface area contributed by atoms with Gasteiger partial charge in [0.05, 0.1) is 11.3 Å². The van der Waals surface area contributed by atoms with E-state index in [4.69, 9.17) is 0 Å². The summed E-state index contributed by atoms with van der Waals surface area (Å²) in [6.07, 6.45) is 2.14. The van der Waals surface area contributed by atoms with Crippen LogP contribution in [0.15, 0.2) is 16.8 Å². The number of hydrogen-bond donors (Lipinski definition) is 1. The van der Waals surface area contributed by atoms with Gasteiger partial charge in [-0.05, 0) is 19.4 Å². The molecule has 90 valence electrons. The number of anilines is 1. The van der Waals surface area contributed by atoms with Crippen molar-refractivity contribution < 1.29 is 4.79 Å². The van der Waals surface area contributed by atoms with Gasteiger partial charge in [-0.25, -0.2) is 4.98 Å². The molecule has 0 saturated carbocycles. The predicted molar refractivity (Wildman–Crippen MR) is 73.1 cm³/mol. The van der Waals surface area contributed by atoms with Crippen LogP contribution in [0, 0.1) is 6.92 Å². The topological polar surface area (TPSA) is 42.0 Å². The van der Waals surface area contributed by atoms with E-state index >= 15 is 0 Å². The molecule has 0 aliphatic heterocycles. The molecule has 0 aromatic carbocycles. The summed E-state index contributed by atoms with van der Waals surface area (Å²) < 4.78 is 0. The van der Waals surface area contributed by atoms with Gasteiger partial charge in [0.15, 0.2) is 5.13 Å². The highest BCUT2D eigenvalue weighted by molar-refractivity contribution is 7.14. The number of carbonyl (C=O) groups excluding carboxylic acids is 1. The van der Waals surface area contributed by atoms with Crippen LogP contribution in [-0.2, 0) is 6.42 Å². The molecule has 0 bridgehead atoms. The zero-order valence-electron chi connectivity index (χ0n) is 9.82. The van der Waals surface area contributed by atoms with Gasteiger partial charge >= 0.3 is 0 Å². The molecule has 0 saturated heterocycles. The van der Waals surface area contributed by atoms with Crippen molar-refractivity contribution in [3.63, 3.8) is 0 Å². The Morgan fingerprint density at radius 3 is 2.88 bits per heavy atom. The van der Waals surface area contributed by atoms with Crippen molar-refractivity contribution in [1.29, 1.82) is 0 Å². The zero-order valence-corrected chi connectivity index (χ0v) is 11.5. The van der Waals surface area contributed by atoms with Crippen LogP contribution < -0.4 is 5.32 Å². The first-order chi connectivity index (χ1) is 8.19. The Morgan fingerprint density at radius 1 is 1.41 bits per heavy atom. The lowest BCUT2D eigenvalue weighted by Crippen LogP contribution is -2.10. The third kappa shape index (κ3) is 3.14. The Kier molecular flexibility index (Phi) is 3.91. The van der Waals surface area contributed by atoms with Gasteiger partial charge < -0.3 is 0 Å². The first-order valence-corrected chi connectivity index (χ1v) is 7.26. The molecule has 1 N–H and O–H groups in total. The van der Waals surface area contributed by atoms with Gasteiger partial charge in [0.25, 0.3) is 5.91 Å². The molecule has 2 aromatic rings. The highest BCUT2D eigenvalue weighted by atomic mass is 32.1. The van der Waals surface area contributed by atoms with Crippen molar-refractivity contribution in [3.8, 4) is 0 Å². The van der Waals surface area contributed by atoms with E-state index in [1.54, 1.807) is 11.3 Å². The van der Waals surface area contributed by atoms with Crippen LogP contribution in [0.3, 0.4) is 0 Å². The largest absolute Gasteiger partial charge is 0.298 e. The van der Waals surface area contributed by atoms with Crippen molar-refractivity contribution in [2.75, 3.05) is 5.32 Å². The van der Waals surface area contributed by atoms with Gasteiger partial charge in [-0.3, -0.25) is 10.1 Å². The van der Waals surface area contributed by atoms with Crippen LogP contribution in [0.1, 0.15) is 34.3 Å². The number of carbonyl (C=O) groups is 1. The Labute approximate surface area is 109 Å². The lowest BCUT2D eigenvalue weighted by atomic mass is 10.2. The SMILES string of the molecule is CCCc1cc(C(=O)Nc2nc(C)cs2)cs1. The fraction of sp³-hybridized carbons (Fsp3) is 0.333. The van der Waals surface area contributed by atoms with Crippen molar-refractivity contribution in [2.45, 2.75) is 26.7 Å². The monoisotopic (exact) mass is 266 g/mol. The van der Waals surface area contributed by atoms with E-state index in [1.165, 1.54) is 16.2 Å². The van der Waals surface area contributed by atoms with Crippen LogP contribution in [0.2, 0.25) is 0 Å². The van der Waals surface area contributed by atoms with Gasteiger partial charge in [-0.1, -0.05) is 13.3 Å². The molecule has 0 radical (unpaired) electrons. The molecule has 5 heteroatoms. The lowest BCUT2D eigenvalue weighted by Gasteiger charge is -1.97. The smallest absolute Gasteiger partial charge is 0.258 e. The molecule has 17 heavy (non-hydrogen) atoms. The van der Waals surface area contributed by atoms with Gasteiger partial charge in [-0.2, -0.15) is 0 Å². The minimum Gasteiger partial charge on any atom is -0.298 e. The average Bonchev–Trinajstić information content (AvgIpc) is 2.88. The van der Waals surface area contributed by atoms with Crippen molar-refractivity contribution in [1.82, 2.24) is 4.98 Å². The minimum atomic E-state index is -0.0713. The van der Waals surface area contributed by atoms with E-state index in [-0.39, 0.29) is 5.91 Å². The van der Waals surface area contributed by atoms with Crippen LogP contribution >= 0.6 is 22.7 Å². The van der Waals surface area contributed by atoms with Gasteiger partial charge in [0.2, 0.25) is 0 Å². The molecule has 2 rings (SSSR count). The molecule has 0 spiro atoms. The third-order valence-electron chi connectivity index (χ3n) is 2.25. The number of aryl methyl sites for hydroxylation is 2. The van der Waals surface area contributed by atoms with E-state index < -0.39 is 0 Å². The van der Waals surface area contributed by atoms with E-state index in [1.807, 2.05) is 23.8 Å². The van der Waals surface area contributed by atoms with Crippen LogP contribution in [0.25, 0.3) is 0 Å². The van der Waals surface area contributed by atoms with Crippen molar-refractivity contribution in [3.05, 3.63) is 33.0 Å². The number of amides is 1. The van der Waals surface area contributed by atoms with Crippen molar-refractivity contribution in [2.24, 2.45) is 0 Å². The number of thiazole rings is 1. The summed E-state index contributed by atoms with van der Waals surface area (Å²) in [5, 5.41) is 7.30. The van der Waals surface area contributed by atoms with Gasteiger partial charge in [0, 0.05) is 15.6 Å². The molecule has 0 aliphatic rings. The lowest BCUT2D eigenvalue weighted by molar-refractivity contribution is 0.102. The summed E-state index contributed by atoms with van der Waals surface area (Å²) in [6.45, 7) is 4.05. The Hall–Kier alpha value is -1.20. The third-order valence-corrected chi connectivity index (χ3v) is 4.12. The van der Waals surface area contributed by atoms with Crippen molar-refractivity contribution >= 4 is 33.7 Å². The number of nitrogens with one attached hydrogen (secondary N) is 1. The molecular formula is C12H14N2OS2. The Balaban J connectivity index is 2.03. The molecule has 1 amide bonds. The summed E-state index contributed by atoms with van der Waals surface area (Å²) in [6, 6.07) is 1.96. The first kappa shape index (κ1) is 12.3. The molecule has 0 fully saturated rings. The quantitative estimate of drug-likeness (QED) is 0.916. The maximum Gasteiger partial charge on any atom is 0.258 e. The summed E-state index contributed by atoms with van der Waals surface area (Å²) in [5.41, 5.74) is 1.66. The fourth-order valence-electron chi connectivity index (χ4n) is 1.46. The maximum atomic E-state index is 11.9. The molecule has 2 heterocycles. The van der Waals surface area contributed by atoms with Gasteiger partial charge in [0.1, 0.15) is 0 Å². The van der Waals surface area contributed by atoms with E-state index in [9.17, 15) is 4.79 Å². The first-order valence-electron chi connectivity index (χ1n) is 5.50. The second kappa shape index (κ2) is 5.42. The normalized spacial score (nSPS) is 10.5. The molecule has 3 nitrogen and oxygen atoms in total. The molecule has 0 aliphatic carbocycles. The second-order valence-corrected chi connectivity index (χ2v) is 5.65. The van der Waals surface area contributed by atoms with Gasteiger partial charge in [-0.15, -0.1) is 22.7 Å². The fourth-order valence-corrected chi connectivity index (χ4v) is 3.11. The average molecular weight is 266 g/mol. The molecule has 0 unspecified atom stereocenters. The summed E-state index contributed by atoms with van der Waals surface area (Å²) >= 11 is 3.09. The number of thiophene rings is 1. The summed E-state index contributed by atoms with van der Waals surface area (Å²) in [5.74, 6) is -0.0713. The Morgan fingerprint density at radius 2 is 2.24 bits per heavy atom. The number of nitrogens with zero attached hydrogens (tertiary/aromatic N) is 1. The summed E-state index contributed by atoms with van der Waals surface area (Å²) in [7, 11) is 0. The summed E-state index contributed by atoms with van der Waals surface area (Å²) in [4.78, 5) is 17.4. The second-order valence-electron chi connectivity index (χ2n) is 3.80.